The SMILES string of the molecule is COC(=O)C(Cc1cccc([N+](=O)[O-])c1)CN(Cc1ccccc1)S(=O)(=O)c1ccc(C)cc1. The summed E-state index contributed by atoms with van der Waals surface area (Å²) in [4.78, 5) is 23.4. The van der Waals surface area contributed by atoms with Crippen LogP contribution in [0.4, 0.5) is 5.69 Å². The first-order valence-corrected chi connectivity index (χ1v) is 12.1. The first-order valence-electron chi connectivity index (χ1n) is 10.6. The number of nitro benzene ring substituents is 1. The topological polar surface area (TPSA) is 107 Å². The van der Waals surface area contributed by atoms with Crippen LogP contribution < -0.4 is 0 Å². The molecule has 0 aromatic heterocycles. The Hall–Kier alpha value is -3.56. The number of carbonyl (C=O) groups is 1. The number of benzene rings is 3. The van der Waals surface area contributed by atoms with Gasteiger partial charge in [-0.1, -0.05) is 60.2 Å². The van der Waals surface area contributed by atoms with Crippen molar-refractivity contribution in [3.05, 3.63) is 106 Å². The molecular weight excluding hydrogens is 456 g/mol. The van der Waals surface area contributed by atoms with Crippen LogP contribution in [-0.4, -0.2) is 37.3 Å². The zero-order chi connectivity index (χ0) is 24.7. The maximum atomic E-state index is 13.6. The van der Waals surface area contributed by atoms with E-state index < -0.39 is 26.8 Å². The molecule has 0 saturated heterocycles. The highest BCUT2D eigenvalue weighted by molar-refractivity contribution is 7.89. The standard InChI is InChI=1S/C25H26N2O6S/c1-19-11-13-24(14-12-19)34(31,32)26(17-20-7-4-3-5-8-20)18-22(25(28)33-2)15-21-9-6-10-23(16-21)27(29)30/h3-14,16,22H,15,17-18H2,1-2H3. The van der Waals surface area contributed by atoms with Gasteiger partial charge in [-0.15, -0.1) is 0 Å². The van der Waals surface area contributed by atoms with Crippen LogP contribution in [0.3, 0.4) is 0 Å². The molecule has 0 radical (unpaired) electrons. The van der Waals surface area contributed by atoms with Crippen LogP contribution in [0, 0.1) is 23.0 Å². The third-order valence-corrected chi connectivity index (χ3v) is 7.25. The second kappa shape index (κ2) is 11.0. The van der Waals surface area contributed by atoms with Gasteiger partial charge in [-0.05, 0) is 36.6 Å². The Bertz CT molecular complexity index is 1240. The van der Waals surface area contributed by atoms with Crippen molar-refractivity contribution in [1.29, 1.82) is 0 Å². The number of non-ortho nitro benzene ring substituents is 1. The van der Waals surface area contributed by atoms with Crippen molar-refractivity contribution in [2.45, 2.75) is 24.8 Å². The van der Waals surface area contributed by atoms with Crippen molar-refractivity contribution in [2.24, 2.45) is 5.92 Å². The molecule has 0 heterocycles. The fraction of sp³-hybridized carbons (Fsp3) is 0.240. The molecule has 0 amide bonds. The molecule has 3 aromatic rings. The number of sulfonamides is 1. The highest BCUT2D eigenvalue weighted by Crippen LogP contribution is 2.24. The molecule has 0 saturated carbocycles. The average Bonchev–Trinajstić information content (AvgIpc) is 2.83. The summed E-state index contributed by atoms with van der Waals surface area (Å²) >= 11 is 0. The molecule has 3 rings (SSSR count). The molecule has 8 nitrogen and oxygen atoms in total. The molecule has 178 valence electrons. The maximum absolute atomic E-state index is 13.6. The van der Waals surface area contributed by atoms with Crippen LogP contribution in [-0.2, 0) is 32.5 Å². The third-order valence-electron chi connectivity index (χ3n) is 5.42. The summed E-state index contributed by atoms with van der Waals surface area (Å²) in [6.45, 7) is 1.77. The second-order valence-corrected chi connectivity index (χ2v) is 9.89. The summed E-state index contributed by atoms with van der Waals surface area (Å²) in [5, 5.41) is 11.1. The Morgan fingerprint density at radius 2 is 1.65 bits per heavy atom. The van der Waals surface area contributed by atoms with Gasteiger partial charge in [0.05, 0.1) is 22.8 Å². The van der Waals surface area contributed by atoms with Crippen molar-refractivity contribution >= 4 is 21.7 Å². The van der Waals surface area contributed by atoms with Crippen molar-refractivity contribution in [1.82, 2.24) is 4.31 Å². The normalized spacial score (nSPS) is 12.3. The predicted molar refractivity (Wildman–Crippen MR) is 128 cm³/mol. The lowest BCUT2D eigenvalue weighted by Gasteiger charge is -2.26. The summed E-state index contributed by atoms with van der Waals surface area (Å²) < 4.78 is 33.4. The van der Waals surface area contributed by atoms with Gasteiger partial charge >= 0.3 is 5.97 Å². The van der Waals surface area contributed by atoms with E-state index in [1.165, 1.54) is 41.7 Å². The average molecular weight is 483 g/mol. The fourth-order valence-corrected chi connectivity index (χ4v) is 5.08. The zero-order valence-corrected chi connectivity index (χ0v) is 19.8. The molecule has 0 bridgehead atoms. The van der Waals surface area contributed by atoms with Crippen molar-refractivity contribution in [3.63, 3.8) is 0 Å². The molecule has 3 aromatic carbocycles. The number of esters is 1. The van der Waals surface area contributed by atoms with Crippen LogP contribution in [0.25, 0.3) is 0 Å². The molecular formula is C25H26N2O6S. The Balaban J connectivity index is 1.97. The van der Waals surface area contributed by atoms with Crippen molar-refractivity contribution < 1.29 is 22.9 Å². The summed E-state index contributed by atoms with van der Waals surface area (Å²) in [5.41, 5.74) is 2.12. The van der Waals surface area contributed by atoms with Crippen LogP contribution >= 0.6 is 0 Å². The van der Waals surface area contributed by atoms with E-state index in [4.69, 9.17) is 4.74 Å². The lowest BCUT2D eigenvalue weighted by atomic mass is 9.98. The number of carbonyl (C=O) groups excluding carboxylic acids is 1. The number of rotatable bonds is 10. The van der Waals surface area contributed by atoms with Gasteiger partial charge in [-0.25, -0.2) is 8.42 Å². The number of aryl methyl sites for hydroxylation is 1. The number of nitrogens with zero attached hydrogens (tertiary/aromatic N) is 2. The van der Waals surface area contributed by atoms with Gasteiger partial charge in [0, 0.05) is 25.2 Å². The first-order chi connectivity index (χ1) is 16.2. The lowest BCUT2D eigenvalue weighted by molar-refractivity contribution is -0.384. The van der Waals surface area contributed by atoms with Gasteiger partial charge in [0.2, 0.25) is 10.0 Å². The number of methoxy groups -OCH3 is 1. The molecule has 34 heavy (non-hydrogen) atoms. The summed E-state index contributed by atoms with van der Waals surface area (Å²) in [6.07, 6.45) is 0.0864. The number of hydrogen-bond acceptors (Lipinski definition) is 6. The highest BCUT2D eigenvalue weighted by Gasteiger charge is 2.31. The van der Waals surface area contributed by atoms with E-state index in [0.29, 0.717) is 5.56 Å². The molecule has 0 aliphatic heterocycles. The van der Waals surface area contributed by atoms with E-state index in [1.54, 1.807) is 18.2 Å². The van der Waals surface area contributed by atoms with Crippen LogP contribution in [0.1, 0.15) is 16.7 Å². The van der Waals surface area contributed by atoms with Crippen molar-refractivity contribution in [3.8, 4) is 0 Å². The van der Waals surface area contributed by atoms with Gasteiger partial charge < -0.3 is 4.74 Å². The molecule has 1 unspecified atom stereocenters. The third kappa shape index (κ3) is 6.27. The van der Waals surface area contributed by atoms with Gasteiger partial charge in [0.15, 0.2) is 0 Å². The summed E-state index contributed by atoms with van der Waals surface area (Å²) in [7, 11) is -2.71. The fourth-order valence-electron chi connectivity index (χ4n) is 3.61. The second-order valence-electron chi connectivity index (χ2n) is 7.95. The highest BCUT2D eigenvalue weighted by atomic mass is 32.2. The quantitative estimate of drug-likeness (QED) is 0.244. The Labute approximate surface area is 199 Å². The molecule has 0 fully saturated rings. The predicted octanol–water partition coefficient (Wildman–Crippen LogP) is 4.13. The number of nitro groups is 1. The van der Waals surface area contributed by atoms with Gasteiger partial charge in [0.1, 0.15) is 0 Å². The minimum atomic E-state index is -3.95. The van der Waals surface area contributed by atoms with Gasteiger partial charge in [0.25, 0.3) is 5.69 Å². The molecule has 0 aliphatic carbocycles. The smallest absolute Gasteiger partial charge is 0.310 e. The van der Waals surface area contributed by atoms with Crippen LogP contribution in [0.5, 0.6) is 0 Å². The molecule has 9 heteroatoms. The Morgan fingerprint density at radius 1 is 1.00 bits per heavy atom. The minimum Gasteiger partial charge on any atom is -0.469 e. The number of hydrogen-bond donors (Lipinski definition) is 0. The van der Waals surface area contributed by atoms with E-state index in [9.17, 15) is 23.3 Å². The Morgan fingerprint density at radius 3 is 2.26 bits per heavy atom. The minimum absolute atomic E-state index is 0.0550. The van der Waals surface area contributed by atoms with Gasteiger partial charge in [-0.2, -0.15) is 4.31 Å². The van der Waals surface area contributed by atoms with Crippen molar-refractivity contribution in [2.75, 3.05) is 13.7 Å². The largest absolute Gasteiger partial charge is 0.469 e. The van der Waals surface area contributed by atoms with E-state index in [-0.39, 0.29) is 30.1 Å². The monoisotopic (exact) mass is 482 g/mol. The van der Waals surface area contributed by atoms with E-state index in [1.807, 2.05) is 37.3 Å². The van der Waals surface area contributed by atoms with E-state index in [2.05, 4.69) is 0 Å². The van der Waals surface area contributed by atoms with Gasteiger partial charge in [-0.3, -0.25) is 14.9 Å². The zero-order valence-electron chi connectivity index (χ0n) is 19.0. The Kier molecular flexibility index (Phi) is 8.14. The van der Waals surface area contributed by atoms with E-state index >= 15 is 0 Å². The van der Waals surface area contributed by atoms with Crippen LogP contribution in [0.15, 0.2) is 83.8 Å². The van der Waals surface area contributed by atoms with Crippen LogP contribution in [0.2, 0.25) is 0 Å². The molecule has 0 spiro atoms. The van der Waals surface area contributed by atoms with E-state index in [0.717, 1.165) is 11.1 Å². The summed E-state index contributed by atoms with van der Waals surface area (Å²) in [5.74, 6) is -1.46. The molecule has 0 aliphatic rings. The maximum Gasteiger partial charge on any atom is 0.310 e. The lowest BCUT2D eigenvalue weighted by Crippen LogP contribution is -2.38. The number of ether oxygens (including phenoxy) is 1. The first kappa shape index (κ1) is 25.1. The molecule has 0 N–H and O–H groups in total. The molecule has 1 atom stereocenters. The summed E-state index contributed by atoms with van der Waals surface area (Å²) in [6, 6.07) is 21.5.